The van der Waals surface area contributed by atoms with Gasteiger partial charge in [0.05, 0.1) is 13.7 Å². The van der Waals surface area contributed by atoms with Crippen LogP contribution < -0.4 is 15.4 Å². The van der Waals surface area contributed by atoms with E-state index in [0.717, 1.165) is 37.6 Å². The molecule has 0 heterocycles. The second kappa shape index (κ2) is 12.0. The van der Waals surface area contributed by atoms with E-state index in [9.17, 15) is 5.11 Å². The summed E-state index contributed by atoms with van der Waals surface area (Å²) < 4.78 is 5.22. The Morgan fingerprint density at radius 1 is 1.17 bits per heavy atom. The zero-order chi connectivity index (χ0) is 21.1. The number of phenolic OH excluding ortho intramolecular Hbond substituents is 1. The van der Waals surface area contributed by atoms with Gasteiger partial charge in [-0.15, -0.1) is 0 Å². The first-order chi connectivity index (χ1) is 14.0. The maximum atomic E-state index is 10.0. The number of hydrogen-bond donors (Lipinski definition) is 3. The fraction of sp³-hybridized carbons (Fsp3) is 0.435. The third-order valence-corrected chi connectivity index (χ3v) is 4.92. The number of ether oxygens (including phenoxy) is 1. The topological polar surface area (TPSA) is 69.1 Å². The molecule has 0 aromatic heterocycles. The lowest BCUT2D eigenvalue weighted by molar-refractivity contribution is 0.238. The number of nitrogens with one attached hydrogen (secondary N) is 2. The average Bonchev–Trinajstić information content (AvgIpc) is 2.73. The number of nitrogens with zero attached hydrogens (tertiary/aromatic N) is 2. The van der Waals surface area contributed by atoms with E-state index in [-0.39, 0.29) is 5.75 Å². The highest BCUT2D eigenvalue weighted by Gasteiger charge is 2.10. The lowest BCUT2D eigenvalue weighted by atomic mass is 10.1. The summed E-state index contributed by atoms with van der Waals surface area (Å²) in [6, 6.07) is 16.1. The van der Waals surface area contributed by atoms with Gasteiger partial charge in [-0.25, -0.2) is 4.99 Å². The van der Waals surface area contributed by atoms with Crippen LogP contribution in [-0.4, -0.2) is 49.3 Å². The van der Waals surface area contributed by atoms with Crippen LogP contribution in [0.1, 0.15) is 31.4 Å². The third kappa shape index (κ3) is 7.66. The Morgan fingerprint density at radius 3 is 2.62 bits per heavy atom. The summed E-state index contributed by atoms with van der Waals surface area (Å²) in [6.07, 6.45) is 0.998. The van der Waals surface area contributed by atoms with Crippen LogP contribution in [-0.2, 0) is 13.1 Å². The van der Waals surface area contributed by atoms with E-state index in [0.29, 0.717) is 18.3 Å². The number of aromatic hydroxyl groups is 1. The summed E-state index contributed by atoms with van der Waals surface area (Å²) in [4.78, 5) is 6.95. The summed E-state index contributed by atoms with van der Waals surface area (Å²) >= 11 is 0. The number of rotatable bonds is 10. The van der Waals surface area contributed by atoms with Crippen molar-refractivity contribution in [3.8, 4) is 11.5 Å². The van der Waals surface area contributed by atoms with Gasteiger partial charge in [0.2, 0.25) is 0 Å². The van der Waals surface area contributed by atoms with Crippen molar-refractivity contribution in [2.24, 2.45) is 4.99 Å². The highest BCUT2D eigenvalue weighted by atomic mass is 16.5. The molecule has 29 heavy (non-hydrogen) atoms. The van der Waals surface area contributed by atoms with Crippen molar-refractivity contribution in [1.82, 2.24) is 15.5 Å². The van der Waals surface area contributed by atoms with Crippen molar-refractivity contribution in [2.45, 2.75) is 39.4 Å². The Balaban J connectivity index is 1.86. The normalized spacial score (nSPS) is 12.7. The summed E-state index contributed by atoms with van der Waals surface area (Å²) in [6.45, 7) is 7.18. The fourth-order valence-electron chi connectivity index (χ4n) is 2.97. The predicted octanol–water partition coefficient (Wildman–Crippen LogP) is 3.37. The van der Waals surface area contributed by atoms with Crippen LogP contribution in [0.25, 0.3) is 0 Å². The molecule has 158 valence electrons. The third-order valence-electron chi connectivity index (χ3n) is 4.92. The van der Waals surface area contributed by atoms with Crippen LogP contribution in [0.3, 0.4) is 0 Å². The summed E-state index contributed by atoms with van der Waals surface area (Å²) in [5.41, 5.74) is 2.06. The monoisotopic (exact) mass is 398 g/mol. The van der Waals surface area contributed by atoms with E-state index in [2.05, 4.69) is 58.8 Å². The molecule has 0 amide bonds. The van der Waals surface area contributed by atoms with Gasteiger partial charge >= 0.3 is 0 Å². The Kier molecular flexibility index (Phi) is 9.31. The van der Waals surface area contributed by atoms with E-state index in [1.54, 1.807) is 19.2 Å². The summed E-state index contributed by atoms with van der Waals surface area (Å²) in [7, 11) is 3.77. The minimum atomic E-state index is 0.224. The van der Waals surface area contributed by atoms with Crippen molar-refractivity contribution in [3.63, 3.8) is 0 Å². The number of benzene rings is 2. The minimum absolute atomic E-state index is 0.224. The van der Waals surface area contributed by atoms with Crippen molar-refractivity contribution in [2.75, 3.05) is 27.2 Å². The molecule has 0 spiro atoms. The molecule has 2 aromatic carbocycles. The molecule has 0 aliphatic rings. The van der Waals surface area contributed by atoms with Crippen molar-refractivity contribution < 1.29 is 9.84 Å². The van der Waals surface area contributed by atoms with Crippen molar-refractivity contribution in [3.05, 3.63) is 59.7 Å². The lowest BCUT2D eigenvalue weighted by Gasteiger charge is -2.25. The second-order valence-corrected chi connectivity index (χ2v) is 7.15. The Hall–Kier alpha value is -2.73. The maximum absolute atomic E-state index is 10.0. The molecule has 0 saturated heterocycles. The quantitative estimate of drug-likeness (QED) is 0.423. The van der Waals surface area contributed by atoms with E-state index in [1.807, 2.05) is 19.1 Å². The zero-order valence-electron chi connectivity index (χ0n) is 18.0. The van der Waals surface area contributed by atoms with Crippen LogP contribution >= 0.6 is 0 Å². The number of phenols is 1. The lowest BCUT2D eigenvalue weighted by Crippen LogP contribution is -2.40. The van der Waals surface area contributed by atoms with Gasteiger partial charge in [0.1, 0.15) is 11.5 Å². The predicted molar refractivity (Wildman–Crippen MR) is 119 cm³/mol. The van der Waals surface area contributed by atoms with Gasteiger partial charge in [-0.05, 0) is 51.1 Å². The van der Waals surface area contributed by atoms with E-state index in [1.165, 1.54) is 5.56 Å². The van der Waals surface area contributed by atoms with E-state index in [4.69, 9.17) is 4.74 Å². The second-order valence-electron chi connectivity index (χ2n) is 7.15. The Bertz CT molecular complexity index is 765. The van der Waals surface area contributed by atoms with E-state index < -0.39 is 0 Å². The van der Waals surface area contributed by atoms with Gasteiger partial charge in [0.15, 0.2) is 5.96 Å². The molecule has 0 aliphatic heterocycles. The molecule has 0 fully saturated rings. The van der Waals surface area contributed by atoms with Crippen molar-refractivity contribution >= 4 is 5.96 Å². The molecule has 6 nitrogen and oxygen atoms in total. The first-order valence-electron chi connectivity index (χ1n) is 10.2. The molecule has 3 N–H and O–H groups in total. The molecule has 0 aliphatic carbocycles. The van der Waals surface area contributed by atoms with Crippen LogP contribution in [0.4, 0.5) is 0 Å². The molecule has 1 atom stereocenters. The van der Waals surface area contributed by atoms with Crippen LogP contribution in [0.2, 0.25) is 0 Å². The molecule has 0 radical (unpaired) electrons. The van der Waals surface area contributed by atoms with E-state index >= 15 is 0 Å². The van der Waals surface area contributed by atoms with Gasteiger partial charge in [0, 0.05) is 31.2 Å². The molecule has 1 unspecified atom stereocenters. The Morgan fingerprint density at radius 2 is 1.93 bits per heavy atom. The molecule has 0 bridgehead atoms. The highest BCUT2D eigenvalue weighted by Crippen LogP contribution is 2.23. The molecule has 2 rings (SSSR count). The van der Waals surface area contributed by atoms with Crippen LogP contribution in [0.5, 0.6) is 11.5 Å². The smallest absolute Gasteiger partial charge is 0.191 e. The van der Waals surface area contributed by atoms with Gasteiger partial charge < -0.3 is 20.5 Å². The molecular weight excluding hydrogens is 364 g/mol. The highest BCUT2D eigenvalue weighted by molar-refractivity contribution is 5.79. The summed E-state index contributed by atoms with van der Waals surface area (Å²) in [5.74, 6) is 1.68. The Labute approximate surface area is 174 Å². The average molecular weight is 399 g/mol. The standard InChI is InChI=1S/C23H34N4O2/c1-5-24-23(26-16-20-15-21(29-4)11-12-22(20)28)25-14-13-18(2)27(3)17-19-9-7-6-8-10-19/h6-12,15,18,28H,5,13-14,16-17H2,1-4H3,(H2,24,25,26). The first kappa shape index (κ1) is 22.6. The van der Waals surface area contributed by atoms with Crippen LogP contribution in [0, 0.1) is 0 Å². The van der Waals surface area contributed by atoms with Crippen molar-refractivity contribution in [1.29, 1.82) is 0 Å². The number of hydrogen-bond acceptors (Lipinski definition) is 4. The largest absolute Gasteiger partial charge is 0.508 e. The molecule has 2 aromatic rings. The first-order valence-corrected chi connectivity index (χ1v) is 10.2. The SMILES string of the molecule is CCNC(=NCc1cc(OC)ccc1O)NCCC(C)N(C)Cc1ccccc1. The molecular formula is C23H34N4O2. The number of aliphatic imine (C=N–C) groups is 1. The minimum Gasteiger partial charge on any atom is -0.508 e. The van der Waals surface area contributed by atoms with Gasteiger partial charge in [-0.3, -0.25) is 4.90 Å². The van der Waals surface area contributed by atoms with Crippen LogP contribution in [0.15, 0.2) is 53.5 Å². The molecule has 6 heteroatoms. The van der Waals surface area contributed by atoms with Gasteiger partial charge in [-0.1, -0.05) is 30.3 Å². The van der Waals surface area contributed by atoms with Gasteiger partial charge in [0.25, 0.3) is 0 Å². The fourth-order valence-corrected chi connectivity index (χ4v) is 2.97. The number of methoxy groups -OCH3 is 1. The summed E-state index contributed by atoms with van der Waals surface area (Å²) in [5, 5.41) is 16.7. The van der Waals surface area contributed by atoms with Gasteiger partial charge in [-0.2, -0.15) is 0 Å². The molecule has 0 saturated carbocycles. The maximum Gasteiger partial charge on any atom is 0.191 e. The zero-order valence-corrected chi connectivity index (χ0v) is 18.0. The number of guanidine groups is 1.